The van der Waals surface area contributed by atoms with Crippen LogP contribution in [0.3, 0.4) is 0 Å². The molecule has 2 aromatic carbocycles. The SMILES string of the molecule is c1ccc(C(=Nc2ccc3ccnn3c2)c2ccccc2)cc1. The van der Waals surface area contributed by atoms with Gasteiger partial charge in [-0.2, -0.15) is 5.10 Å². The zero-order valence-electron chi connectivity index (χ0n) is 12.5. The zero-order chi connectivity index (χ0) is 15.5. The first-order chi connectivity index (χ1) is 11.4. The van der Waals surface area contributed by atoms with Crippen molar-refractivity contribution in [1.82, 2.24) is 9.61 Å². The summed E-state index contributed by atoms with van der Waals surface area (Å²) in [5.41, 5.74) is 5.09. The lowest BCUT2D eigenvalue weighted by molar-refractivity contribution is 0.960. The van der Waals surface area contributed by atoms with E-state index in [4.69, 9.17) is 4.99 Å². The second-order valence-electron chi connectivity index (χ2n) is 5.28. The summed E-state index contributed by atoms with van der Waals surface area (Å²) in [5, 5.41) is 4.28. The minimum atomic E-state index is 0.879. The first kappa shape index (κ1) is 13.5. The molecule has 4 aromatic rings. The van der Waals surface area contributed by atoms with Gasteiger partial charge in [-0.15, -0.1) is 0 Å². The Labute approximate surface area is 134 Å². The Morgan fingerprint density at radius 2 is 1.39 bits per heavy atom. The van der Waals surface area contributed by atoms with Crippen LogP contribution >= 0.6 is 0 Å². The molecule has 110 valence electrons. The Morgan fingerprint density at radius 1 is 0.739 bits per heavy atom. The van der Waals surface area contributed by atoms with Crippen molar-refractivity contribution in [1.29, 1.82) is 0 Å². The molecule has 0 fully saturated rings. The van der Waals surface area contributed by atoms with Crippen molar-refractivity contribution < 1.29 is 0 Å². The molecule has 0 bridgehead atoms. The van der Waals surface area contributed by atoms with E-state index >= 15 is 0 Å². The summed E-state index contributed by atoms with van der Waals surface area (Å²) in [4.78, 5) is 4.88. The molecule has 0 unspecified atom stereocenters. The Bertz CT molecular complexity index is 912. The standard InChI is InChI=1S/C20H15N3/c1-3-7-16(8-4-1)20(17-9-5-2-6-10-17)22-18-11-12-19-13-14-21-23(19)15-18/h1-15H. The molecule has 0 aliphatic carbocycles. The minimum absolute atomic E-state index is 0.879. The molecule has 3 heteroatoms. The number of pyridine rings is 1. The summed E-state index contributed by atoms with van der Waals surface area (Å²) in [6.07, 6.45) is 3.74. The molecule has 0 radical (unpaired) electrons. The van der Waals surface area contributed by atoms with Crippen LogP contribution in [0.1, 0.15) is 11.1 Å². The van der Waals surface area contributed by atoms with Crippen LogP contribution in [0, 0.1) is 0 Å². The molecule has 2 heterocycles. The van der Waals surface area contributed by atoms with Crippen molar-refractivity contribution in [3.8, 4) is 0 Å². The number of fused-ring (bicyclic) bond motifs is 1. The average molecular weight is 297 g/mol. The van der Waals surface area contributed by atoms with Gasteiger partial charge in [-0.25, -0.2) is 9.51 Å². The molecule has 2 aromatic heterocycles. The van der Waals surface area contributed by atoms with Gasteiger partial charge in [0.15, 0.2) is 0 Å². The first-order valence-electron chi connectivity index (χ1n) is 7.53. The average Bonchev–Trinajstić information content (AvgIpc) is 3.09. The van der Waals surface area contributed by atoms with Gasteiger partial charge < -0.3 is 0 Å². The van der Waals surface area contributed by atoms with Crippen LogP contribution in [0.5, 0.6) is 0 Å². The normalized spacial score (nSPS) is 10.6. The lowest BCUT2D eigenvalue weighted by atomic mass is 10.0. The Kier molecular flexibility index (Phi) is 3.45. The fourth-order valence-electron chi connectivity index (χ4n) is 2.59. The van der Waals surface area contributed by atoms with E-state index in [0.29, 0.717) is 0 Å². The highest BCUT2D eigenvalue weighted by Gasteiger charge is 2.07. The number of aromatic nitrogens is 2. The van der Waals surface area contributed by atoms with Crippen molar-refractivity contribution in [2.45, 2.75) is 0 Å². The highest BCUT2D eigenvalue weighted by molar-refractivity contribution is 6.13. The summed E-state index contributed by atoms with van der Waals surface area (Å²) in [6, 6.07) is 26.5. The van der Waals surface area contributed by atoms with Gasteiger partial charge in [-0.05, 0) is 18.2 Å². The van der Waals surface area contributed by atoms with Crippen LogP contribution in [-0.4, -0.2) is 15.3 Å². The molecule has 0 saturated heterocycles. The second kappa shape index (κ2) is 5.89. The van der Waals surface area contributed by atoms with Crippen LogP contribution in [0.4, 0.5) is 5.69 Å². The van der Waals surface area contributed by atoms with E-state index < -0.39 is 0 Å². The molecule has 0 aliphatic rings. The summed E-state index contributed by atoms with van der Waals surface area (Å²) in [7, 11) is 0. The topological polar surface area (TPSA) is 29.7 Å². The van der Waals surface area contributed by atoms with Gasteiger partial charge in [0.2, 0.25) is 0 Å². The zero-order valence-corrected chi connectivity index (χ0v) is 12.5. The molecule has 0 amide bonds. The van der Waals surface area contributed by atoms with Crippen LogP contribution in [-0.2, 0) is 0 Å². The third-order valence-electron chi connectivity index (χ3n) is 3.72. The van der Waals surface area contributed by atoms with Crippen LogP contribution < -0.4 is 0 Å². The maximum Gasteiger partial charge on any atom is 0.0821 e. The fraction of sp³-hybridized carbons (Fsp3) is 0. The fourth-order valence-corrected chi connectivity index (χ4v) is 2.59. The number of benzene rings is 2. The number of hydrogen-bond donors (Lipinski definition) is 0. The molecule has 0 spiro atoms. The van der Waals surface area contributed by atoms with E-state index in [9.17, 15) is 0 Å². The molecule has 23 heavy (non-hydrogen) atoms. The number of hydrogen-bond acceptors (Lipinski definition) is 2. The summed E-state index contributed by atoms with van der Waals surface area (Å²) in [6.45, 7) is 0. The van der Waals surface area contributed by atoms with Crippen LogP contribution in [0.25, 0.3) is 5.52 Å². The lowest BCUT2D eigenvalue weighted by Crippen LogP contribution is -2.02. The van der Waals surface area contributed by atoms with Crippen molar-refractivity contribution in [3.63, 3.8) is 0 Å². The largest absolute Gasteiger partial charge is 0.246 e. The van der Waals surface area contributed by atoms with Crippen molar-refractivity contribution in [2.75, 3.05) is 0 Å². The van der Waals surface area contributed by atoms with Gasteiger partial charge in [0.05, 0.1) is 23.1 Å². The van der Waals surface area contributed by atoms with E-state index in [1.54, 1.807) is 6.20 Å². The van der Waals surface area contributed by atoms with Crippen LogP contribution in [0.2, 0.25) is 0 Å². The van der Waals surface area contributed by atoms with Gasteiger partial charge >= 0.3 is 0 Å². The third-order valence-corrected chi connectivity index (χ3v) is 3.72. The predicted octanol–water partition coefficient (Wildman–Crippen LogP) is 4.50. The Morgan fingerprint density at radius 3 is 2.04 bits per heavy atom. The Hall–Kier alpha value is -3.20. The number of rotatable bonds is 3. The molecule has 0 saturated carbocycles. The van der Waals surface area contributed by atoms with E-state index in [1.807, 2.05) is 65.3 Å². The van der Waals surface area contributed by atoms with E-state index in [2.05, 4.69) is 29.4 Å². The van der Waals surface area contributed by atoms with E-state index in [-0.39, 0.29) is 0 Å². The van der Waals surface area contributed by atoms with Gasteiger partial charge in [0.25, 0.3) is 0 Å². The molecule has 0 N–H and O–H groups in total. The molecular weight excluding hydrogens is 282 g/mol. The maximum atomic E-state index is 4.88. The lowest BCUT2D eigenvalue weighted by Gasteiger charge is -2.08. The third kappa shape index (κ3) is 2.77. The van der Waals surface area contributed by atoms with Gasteiger partial charge in [0.1, 0.15) is 0 Å². The van der Waals surface area contributed by atoms with Gasteiger partial charge in [-0.3, -0.25) is 0 Å². The molecule has 3 nitrogen and oxygen atoms in total. The number of nitrogens with zero attached hydrogens (tertiary/aromatic N) is 3. The molecule has 4 rings (SSSR count). The minimum Gasteiger partial charge on any atom is -0.246 e. The van der Waals surface area contributed by atoms with E-state index in [1.165, 1.54) is 0 Å². The van der Waals surface area contributed by atoms with Gasteiger partial charge in [-0.1, -0.05) is 60.7 Å². The van der Waals surface area contributed by atoms with Gasteiger partial charge in [0, 0.05) is 17.3 Å². The highest BCUT2D eigenvalue weighted by Crippen LogP contribution is 2.19. The summed E-state index contributed by atoms with van der Waals surface area (Å²) >= 11 is 0. The maximum absolute atomic E-state index is 4.88. The predicted molar refractivity (Wildman–Crippen MR) is 93.4 cm³/mol. The van der Waals surface area contributed by atoms with E-state index in [0.717, 1.165) is 28.0 Å². The first-order valence-corrected chi connectivity index (χ1v) is 7.53. The Balaban J connectivity index is 1.87. The highest BCUT2D eigenvalue weighted by atomic mass is 15.2. The summed E-state index contributed by atoms with van der Waals surface area (Å²) < 4.78 is 1.84. The van der Waals surface area contributed by atoms with Crippen molar-refractivity contribution in [3.05, 3.63) is 102 Å². The van der Waals surface area contributed by atoms with Crippen molar-refractivity contribution in [2.24, 2.45) is 4.99 Å². The monoisotopic (exact) mass is 297 g/mol. The quantitative estimate of drug-likeness (QED) is 0.512. The smallest absolute Gasteiger partial charge is 0.0821 e. The molecule has 0 atom stereocenters. The van der Waals surface area contributed by atoms with Crippen molar-refractivity contribution >= 4 is 16.9 Å². The van der Waals surface area contributed by atoms with Crippen LogP contribution in [0.15, 0.2) is 96.2 Å². The molecule has 0 aliphatic heterocycles. The number of aliphatic imine (C=N–C) groups is 1. The summed E-state index contributed by atoms with van der Waals surface area (Å²) in [5.74, 6) is 0. The molecular formula is C20H15N3. The second-order valence-corrected chi connectivity index (χ2v) is 5.28.